The summed E-state index contributed by atoms with van der Waals surface area (Å²) in [5.41, 5.74) is 7.98. The van der Waals surface area contributed by atoms with Crippen molar-refractivity contribution in [3.8, 4) is 11.1 Å². The second kappa shape index (κ2) is 5.32. The Hall–Kier alpha value is -2.25. The summed E-state index contributed by atoms with van der Waals surface area (Å²) in [5, 5.41) is 3.38. The van der Waals surface area contributed by atoms with E-state index in [1.165, 1.54) is 65.1 Å². The molecule has 4 aromatic rings. The normalized spacial score (nSPS) is 33.0. The summed E-state index contributed by atoms with van der Waals surface area (Å²) in [6.07, 6.45) is 6.95. The lowest BCUT2D eigenvalue weighted by Gasteiger charge is -2.61. The monoisotopic (exact) mass is 410 g/mol. The van der Waals surface area contributed by atoms with E-state index in [1.54, 1.807) is 0 Å². The largest absolute Gasteiger partial charge is 0.456 e. The van der Waals surface area contributed by atoms with Crippen LogP contribution in [0, 0.1) is 23.7 Å². The van der Waals surface area contributed by atoms with Gasteiger partial charge in [0.15, 0.2) is 0 Å². The Labute approximate surface area is 181 Å². The third-order valence-electron chi connectivity index (χ3n) is 9.10. The molecule has 4 bridgehead atoms. The first-order valence-electron chi connectivity index (χ1n) is 11.5. The topological polar surface area (TPSA) is 13.1 Å². The third-order valence-corrected chi connectivity index (χ3v) is 9.34. The zero-order valence-corrected chi connectivity index (χ0v) is 17.6. The fourth-order valence-corrected chi connectivity index (χ4v) is 8.60. The van der Waals surface area contributed by atoms with Gasteiger partial charge in [-0.05, 0) is 96.7 Å². The van der Waals surface area contributed by atoms with E-state index in [-0.39, 0.29) is 5.41 Å². The molecule has 0 amide bonds. The summed E-state index contributed by atoms with van der Waals surface area (Å²) in [4.78, 5) is 0. The highest BCUT2D eigenvalue weighted by atomic mass is 35.5. The maximum absolute atomic E-state index is 6.65. The number of para-hydroxylation sites is 1. The van der Waals surface area contributed by atoms with Crippen LogP contribution in [-0.4, -0.2) is 0 Å². The molecule has 0 saturated heterocycles. The van der Waals surface area contributed by atoms with Crippen LogP contribution in [0.25, 0.3) is 33.1 Å². The Kier molecular flexibility index (Phi) is 2.92. The molecule has 1 heterocycles. The van der Waals surface area contributed by atoms with Gasteiger partial charge in [-0.15, -0.1) is 0 Å². The van der Waals surface area contributed by atoms with E-state index >= 15 is 0 Å². The van der Waals surface area contributed by atoms with Gasteiger partial charge in [0.05, 0.1) is 0 Å². The molecule has 1 spiro atoms. The molecule has 1 aromatic heterocycles. The molecule has 3 aromatic carbocycles. The van der Waals surface area contributed by atoms with Crippen molar-refractivity contribution in [1.29, 1.82) is 0 Å². The van der Waals surface area contributed by atoms with Gasteiger partial charge in [0.1, 0.15) is 11.2 Å². The molecular weight excluding hydrogens is 388 g/mol. The summed E-state index contributed by atoms with van der Waals surface area (Å²) in [6.45, 7) is 0. The van der Waals surface area contributed by atoms with Crippen LogP contribution in [0.15, 0.2) is 59.0 Å². The minimum absolute atomic E-state index is 0.0797. The quantitative estimate of drug-likeness (QED) is 0.286. The predicted octanol–water partition coefficient (Wildman–Crippen LogP) is 7.96. The van der Waals surface area contributed by atoms with Crippen LogP contribution in [0.3, 0.4) is 0 Å². The number of furan rings is 1. The molecule has 148 valence electrons. The first kappa shape index (κ1) is 16.4. The summed E-state index contributed by atoms with van der Waals surface area (Å²) < 4.78 is 6.65. The van der Waals surface area contributed by atoms with E-state index in [4.69, 9.17) is 16.0 Å². The molecule has 0 unspecified atom stereocenters. The second-order valence-corrected chi connectivity index (χ2v) is 10.8. The number of hydrogen-bond acceptors (Lipinski definition) is 1. The molecule has 9 rings (SSSR count). The SMILES string of the molecule is Clc1ccc2c(c1)C1(c3c-2ccc2c3oc3ccccc32)C2CC3CC(C2)CC1C3. The van der Waals surface area contributed by atoms with Crippen molar-refractivity contribution in [2.24, 2.45) is 23.7 Å². The van der Waals surface area contributed by atoms with Crippen molar-refractivity contribution in [2.45, 2.75) is 37.5 Å². The van der Waals surface area contributed by atoms with Crippen molar-refractivity contribution in [1.82, 2.24) is 0 Å². The Morgan fingerprint density at radius 3 is 2.30 bits per heavy atom. The average molecular weight is 411 g/mol. The number of benzene rings is 3. The maximum Gasteiger partial charge on any atom is 0.140 e. The minimum Gasteiger partial charge on any atom is -0.456 e. The Balaban J connectivity index is 1.54. The molecule has 0 radical (unpaired) electrons. The Morgan fingerprint density at radius 2 is 1.50 bits per heavy atom. The van der Waals surface area contributed by atoms with Gasteiger partial charge in [-0.3, -0.25) is 0 Å². The predicted molar refractivity (Wildman–Crippen MR) is 122 cm³/mol. The Bertz CT molecular complexity index is 1350. The maximum atomic E-state index is 6.65. The number of fused-ring (bicyclic) bond motifs is 7. The second-order valence-electron chi connectivity index (χ2n) is 10.3. The van der Waals surface area contributed by atoms with Gasteiger partial charge in [0.25, 0.3) is 0 Å². The lowest BCUT2D eigenvalue weighted by atomic mass is 9.43. The standard InChI is InChI=1S/C28H23ClO/c29-19-5-6-20-22-7-8-23-21-3-1-2-4-25(21)30-27(23)26(22)28(24(20)14-19)17-10-15-9-16(12-17)13-18(28)11-15/h1-8,14-18H,9-13H2. The average Bonchev–Trinajstić information content (AvgIpc) is 3.25. The summed E-state index contributed by atoms with van der Waals surface area (Å²) in [6, 6.07) is 19.8. The van der Waals surface area contributed by atoms with Crippen LogP contribution in [0.5, 0.6) is 0 Å². The minimum atomic E-state index is 0.0797. The Morgan fingerprint density at radius 1 is 0.767 bits per heavy atom. The van der Waals surface area contributed by atoms with Gasteiger partial charge in [-0.25, -0.2) is 0 Å². The summed E-state index contributed by atoms with van der Waals surface area (Å²) in [5.74, 6) is 3.29. The van der Waals surface area contributed by atoms with Crippen LogP contribution < -0.4 is 0 Å². The van der Waals surface area contributed by atoms with Gasteiger partial charge in [-0.2, -0.15) is 0 Å². The lowest BCUT2D eigenvalue weighted by molar-refractivity contribution is -0.0396. The zero-order chi connectivity index (χ0) is 19.6. The molecule has 0 N–H and O–H groups in total. The molecule has 5 aliphatic carbocycles. The number of halogens is 1. The van der Waals surface area contributed by atoms with Crippen LogP contribution in [0.1, 0.15) is 43.2 Å². The number of hydrogen-bond donors (Lipinski definition) is 0. The van der Waals surface area contributed by atoms with Gasteiger partial charge in [0, 0.05) is 26.8 Å². The molecule has 0 aliphatic heterocycles. The molecule has 5 aliphatic rings. The molecule has 4 saturated carbocycles. The van der Waals surface area contributed by atoms with E-state index in [0.717, 1.165) is 28.0 Å². The van der Waals surface area contributed by atoms with Crippen molar-refractivity contribution < 1.29 is 4.42 Å². The van der Waals surface area contributed by atoms with Crippen molar-refractivity contribution in [2.75, 3.05) is 0 Å². The highest BCUT2D eigenvalue weighted by molar-refractivity contribution is 6.30. The fraction of sp³-hybridized carbons (Fsp3) is 0.357. The summed E-state index contributed by atoms with van der Waals surface area (Å²) >= 11 is 6.62. The van der Waals surface area contributed by atoms with Crippen molar-refractivity contribution in [3.63, 3.8) is 0 Å². The van der Waals surface area contributed by atoms with Crippen molar-refractivity contribution >= 4 is 33.5 Å². The van der Waals surface area contributed by atoms with E-state index in [0.29, 0.717) is 11.8 Å². The fourth-order valence-electron chi connectivity index (χ4n) is 8.43. The molecule has 2 heteroatoms. The first-order valence-corrected chi connectivity index (χ1v) is 11.9. The van der Waals surface area contributed by atoms with E-state index in [1.807, 2.05) is 0 Å². The highest BCUT2D eigenvalue weighted by Gasteiger charge is 2.62. The molecule has 0 atom stereocenters. The third kappa shape index (κ3) is 1.76. The molecule has 30 heavy (non-hydrogen) atoms. The number of rotatable bonds is 0. The smallest absolute Gasteiger partial charge is 0.140 e. The van der Waals surface area contributed by atoms with Crippen LogP contribution in [0.4, 0.5) is 0 Å². The van der Waals surface area contributed by atoms with Gasteiger partial charge in [-0.1, -0.05) is 41.9 Å². The molecule has 4 fully saturated rings. The van der Waals surface area contributed by atoms with Gasteiger partial charge >= 0.3 is 0 Å². The van der Waals surface area contributed by atoms with Gasteiger partial charge < -0.3 is 4.42 Å². The van der Waals surface area contributed by atoms with Crippen molar-refractivity contribution in [3.05, 3.63) is 70.7 Å². The van der Waals surface area contributed by atoms with Crippen LogP contribution >= 0.6 is 11.6 Å². The molecule has 1 nitrogen and oxygen atoms in total. The van der Waals surface area contributed by atoms with E-state index < -0.39 is 0 Å². The van der Waals surface area contributed by atoms with Crippen LogP contribution in [-0.2, 0) is 5.41 Å². The van der Waals surface area contributed by atoms with E-state index in [2.05, 4.69) is 54.6 Å². The lowest BCUT2D eigenvalue weighted by Crippen LogP contribution is -2.55. The first-order chi connectivity index (χ1) is 14.7. The van der Waals surface area contributed by atoms with Crippen LogP contribution in [0.2, 0.25) is 5.02 Å². The summed E-state index contributed by atoms with van der Waals surface area (Å²) in [7, 11) is 0. The van der Waals surface area contributed by atoms with Gasteiger partial charge in [0.2, 0.25) is 0 Å². The zero-order valence-electron chi connectivity index (χ0n) is 16.8. The van der Waals surface area contributed by atoms with E-state index in [9.17, 15) is 0 Å². The molecular formula is C28H23ClO. The highest BCUT2D eigenvalue weighted by Crippen LogP contribution is 2.70.